The van der Waals surface area contributed by atoms with Gasteiger partial charge in [-0.05, 0) is 6.42 Å². The lowest BCUT2D eigenvalue weighted by atomic mass is 10.3. The van der Waals surface area contributed by atoms with Crippen molar-refractivity contribution >= 4 is 12.4 Å². The third-order valence-corrected chi connectivity index (χ3v) is 1.45. The zero-order valence-corrected chi connectivity index (χ0v) is 7.90. The van der Waals surface area contributed by atoms with Gasteiger partial charge in [0.2, 0.25) is 6.23 Å². The second-order valence-electron chi connectivity index (χ2n) is 2.66. The Morgan fingerprint density at radius 2 is 2.29 bits per heavy atom. The van der Waals surface area contributed by atoms with Crippen LogP contribution in [0.2, 0.25) is 0 Å². The fourth-order valence-electron chi connectivity index (χ4n) is 0.763. The topological polar surface area (TPSA) is 95.9 Å². The van der Waals surface area contributed by atoms with Crippen LogP contribution in [0, 0.1) is 0 Å². The third-order valence-electron chi connectivity index (χ3n) is 1.45. The van der Waals surface area contributed by atoms with E-state index >= 15 is 0 Å². The van der Waals surface area contributed by atoms with E-state index in [4.69, 9.17) is 10.2 Å². The zero-order chi connectivity index (χ0) is 11.0. The molecule has 6 heteroatoms. The summed E-state index contributed by atoms with van der Waals surface area (Å²) >= 11 is 0. The van der Waals surface area contributed by atoms with E-state index in [0.29, 0.717) is 6.42 Å². The predicted molar refractivity (Wildman–Crippen MR) is 46.7 cm³/mol. The summed E-state index contributed by atoms with van der Waals surface area (Å²) in [5.41, 5.74) is 0. The molecular formula is C8H14NO5. The summed E-state index contributed by atoms with van der Waals surface area (Å²) in [6.45, 7) is 1.18. The van der Waals surface area contributed by atoms with Crippen molar-refractivity contribution in [1.29, 1.82) is 0 Å². The van der Waals surface area contributed by atoms with Crippen LogP contribution in [0.3, 0.4) is 0 Å². The van der Waals surface area contributed by atoms with Crippen molar-refractivity contribution in [2.24, 2.45) is 0 Å². The highest BCUT2D eigenvalue weighted by molar-refractivity contribution is 5.69. The molecule has 0 aromatic rings. The molecule has 14 heavy (non-hydrogen) atoms. The van der Waals surface area contributed by atoms with Crippen LogP contribution in [0.5, 0.6) is 0 Å². The van der Waals surface area contributed by atoms with E-state index in [1.807, 2.05) is 5.32 Å². The van der Waals surface area contributed by atoms with Crippen LogP contribution in [0.1, 0.15) is 19.8 Å². The molecule has 0 saturated heterocycles. The van der Waals surface area contributed by atoms with E-state index in [1.54, 1.807) is 6.92 Å². The Kier molecular flexibility index (Phi) is 6.69. The molecule has 0 aliphatic heterocycles. The van der Waals surface area contributed by atoms with Gasteiger partial charge in [0, 0.05) is 6.42 Å². The fraction of sp³-hybridized carbons (Fsp3) is 0.750. The molecule has 0 spiro atoms. The van der Waals surface area contributed by atoms with E-state index < -0.39 is 24.9 Å². The summed E-state index contributed by atoms with van der Waals surface area (Å²) in [4.78, 5) is 20.9. The van der Waals surface area contributed by atoms with Crippen LogP contribution >= 0.6 is 0 Å². The van der Waals surface area contributed by atoms with E-state index in [0.717, 1.165) is 0 Å². The Morgan fingerprint density at radius 3 is 2.71 bits per heavy atom. The lowest BCUT2D eigenvalue weighted by Gasteiger charge is -2.20. The molecule has 6 nitrogen and oxygen atoms in total. The van der Waals surface area contributed by atoms with Crippen LogP contribution in [-0.2, 0) is 14.3 Å². The average Bonchev–Trinajstić information content (AvgIpc) is 2.16. The Bertz CT molecular complexity index is 185. The van der Waals surface area contributed by atoms with Crippen molar-refractivity contribution in [3.8, 4) is 0 Å². The van der Waals surface area contributed by atoms with E-state index in [9.17, 15) is 9.59 Å². The number of hydrogen-bond donors (Lipinski definition) is 3. The van der Waals surface area contributed by atoms with E-state index in [-0.39, 0.29) is 6.42 Å². The second-order valence-corrected chi connectivity index (χ2v) is 2.66. The van der Waals surface area contributed by atoms with Gasteiger partial charge in [0.25, 0.3) is 0 Å². The van der Waals surface area contributed by atoms with Gasteiger partial charge >= 0.3 is 12.4 Å². The minimum Gasteiger partial charge on any atom is -0.439 e. The number of carbonyl (C=O) groups is 1. The van der Waals surface area contributed by atoms with Crippen molar-refractivity contribution in [1.82, 2.24) is 5.32 Å². The summed E-state index contributed by atoms with van der Waals surface area (Å²) in [7, 11) is 0. The van der Waals surface area contributed by atoms with Gasteiger partial charge in [0.15, 0.2) is 0 Å². The number of aliphatic hydroxyl groups excluding tert-OH is 2. The summed E-state index contributed by atoms with van der Waals surface area (Å²) in [5, 5.41) is 19.6. The minimum absolute atomic E-state index is 0.190. The number of amides is 1. The molecule has 1 radical (unpaired) electrons. The smallest absolute Gasteiger partial charge is 0.312 e. The van der Waals surface area contributed by atoms with Crippen molar-refractivity contribution in [2.75, 3.05) is 6.61 Å². The Labute approximate surface area is 81.9 Å². The third kappa shape index (κ3) is 4.78. The van der Waals surface area contributed by atoms with Gasteiger partial charge in [-0.2, -0.15) is 0 Å². The highest BCUT2D eigenvalue weighted by Crippen LogP contribution is 1.99. The van der Waals surface area contributed by atoms with Gasteiger partial charge in [-0.25, -0.2) is 0 Å². The van der Waals surface area contributed by atoms with Crippen molar-refractivity contribution in [3.05, 3.63) is 0 Å². The maximum atomic E-state index is 11.0. The first-order valence-corrected chi connectivity index (χ1v) is 4.26. The van der Waals surface area contributed by atoms with Gasteiger partial charge in [0.1, 0.15) is 6.10 Å². The Hall–Kier alpha value is -1.14. The second kappa shape index (κ2) is 7.28. The molecule has 1 amide bonds. The molecule has 2 unspecified atom stereocenters. The lowest BCUT2D eigenvalue weighted by Crippen LogP contribution is -2.44. The van der Waals surface area contributed by atoms with Gasteiger partial charge in [-0.15, -0.1) is 0 Å². The number of ether oxygens (including phenoxy) is 1. The maximum Gasteiger partial charge on any atom is 0.312 e. The lowest BCUT2D eigenvalue weighted by molar-refractivity contribution is -0.157. The first-order valence-electron chi connectivity index (χ1n) is 4.26. The van der Waals surface area contributed by atoms with Crippen LogP contribution < -0.4 is 5.32 Å². The largest absolute Gasteiger partial charge is 0.439 e. The highest BCUT2D eigenvalue weighted by Gasteiger charge is 2.21. The number of carbonyl (C=O) groups excluding carboxylic acids is 2. The molecular weight excluding hydrogens is 190 g/mol. The Balaban J connectivity index is 4.07. The quantitative estimate of drug-likeness (QED) is 0.271. The summed E-state index contributed by atoms with van der Waals surface area (Å²) < 4.78 is 4.66. The molecule has 81 valence electrons. The van der Waals surface area contributed by atoms with E-state index in [2.05, 4.69) is 4.74 Å². The number of esters is 1. The standard InChI is InChI=1S/C8H14NO5/c1-2-3-7(13)14-8(9-5-11)6(12)4-10/h6,8,10,12H,2-4H2,1H3,(H,9,11). The molecule has 0 bridgehead atoms. The average molecular weight is 204 g/mol. The fourth-order valence-corrected chi connectivity index (χ4v) is 0.763. The van der Waals surface area contributed by atoms with Crippen LogP contribution in [0.25, 0.3) is 0 Å². The summed E-state index contributed by atoms with van der Waals surface area (Å²) in [6.07, 6.45) is -0.501. The molecule has 0 rings (SSSR count). The molecule has 0 saturated carbocycles. The summed E-state index contributed by atoms with van der Waals surface area (Å²) in [6, 6.07) is 0. The van der Waals surface area contributed by atoms with Crippen molar-refractivity contribution in [2.45, 2.75) is 32.1 Å². The number of nitrogens with one attached hydrogen (secondary N) is 1. The van der Waals surface area contributed by atoms with Crippen molar-refractivity contribution in [3.63, 3.8) is 0 Å². The molecule has 3 N–H and O–H groups in total. The molecule has 0 aromatic carbocycles. The van der Waals surface area contributed by atoms with E-state index in [1.165, 1.54) is 6.41 Å². The van der Waals surface area contributed by atoms with Gasteiger partial charge < -0.3 is 20.3 Å². The van der Waals surface area contributed by atoms with Crippen molar-refractivity contribution < 1.29 is 24.5 Å². The van der Waals surface area contributed by atoms with Crippen LogP contribution in [-0.4, -0.2) is 41.5 Å². The van der Waals surface area contributed by atoms with Crippen LogP contribution in [0.15, 0.2) is 0 Å². The number of hydrogen-bond acceptors (Lipinski definition) is 5. The first-order chi connectivity index (χ1) is 6.65. The predicted octanol–water partition coefficient (Wildman–Crippen LogP) is -1.33. The van der Waals surface area contributed by atoms with Gasteiger partial charge in [-0.1, -0.05) is 6.92 Å². The Morgan fingerprint density at radius 1 is 1.64 bits per heavy atom. The number of aliphatic hydroxyl groups is 2. The molecule has 0 aliphatic rings. The minimum atomic E-state index is -1.34. The number of rotatable bonds is 7. The molecule has 2 atom stereocenters. The van der Waals surface area contributed by atoms with Gasteiger partial charge in [0.05, 0.1) is 6.61 Å². The highest BCUT2D eigenvalue weighted by atomic mass is 16.6. The molecule has 0 aromatic heterocycles. The normalized spacial score (nSPS) is 14.2. The zero-order valence-electron chi connectivity index (χ0n) is 7.90. The van der Waals surface area contributed by atoms with Gasteiger partial charge in [-0.3, -0.25) is 9.59 Å². The molecule has 0 aliphatic carbocycles. The first kappa shape index (κ1) is 12.9. The van der Waals surface area contributed by atoms with Crippen LogP contribution in [0.4, 0.5) is 0 Å². The SMILES string of the molecule is CCCC(=O)OC(N[C]=O)C(O)CO. The molecule has 0 fully saturated rings. The molecule has 0 heterocycles. The summed E-state index contributed by atoms with van der Waals surface area (Å²) in [5.74, 6) is -0.548. The maximum absolute atomic E-state index is 11.0. The monoisotopic (exact) mass is 204 g/mol.